The fourth-order valence-electron chi connectivity index (χ4n) is 1.34. The van der Waals surface area contributed by atoms with E-state index in [1.165, 1.54) is 6.33 Å². The highest BCUT2D eigenvalue weighted by atomic mass is 32.2. The van der Waals surface area contributed by atoms with Gasteiger partial charge < -0.3 is 9.84 Å². The third kappa shape index (κ3) is 6.67. The first-order valence-electron chi connectivity index (χ1n) is 5.96. The molecule has 0 spiro atoms. The molecular weight excluding hydrogens is 256 g/mol. The minimum absolute atomic E-state index is 0.122. The molecule has 0 aliphatic carbocycles. The molecule has 0 atom stereocenters. The number of nitrogens with zero attached hydrogens (tertiary/aromatic N) is 2. The van der Waals surface area contributed by atoms with Crippen LogP contribution in [0.1, 0.15) is 26.2 Å². The van der Waals surface area contributed by atoms with Gasteiger partial charge >= 0.3 is 0 Å². The third-order valence-electron chi connectivity index (χ3n) is 2.21. The van der Waals surface area contributed by atoms with Gasteiger partial charge in [0.05, 0.1) is 5.75 Å². The highest BCUT2D eigenvalue weighted by Gasteiger charge is 2.10. The molecule has 0 saturated heterocycles. The van der Waals surface area contributed by atoms with E-state index >= 15 is 0 Å². The van der Waals surface area contributed by atoms with Crippen LogP contribution in [-0.2, 0) is 16.4 Å². The molecule has 0 aliphatic rings. The minimum Gasteiger partial charge on any atom is -0.340 e. The summed E-state index contributed by atoms with van der Waals surface area (Å²) in [4.78, 5) is 3.81. The lowest BCUT2D eigenvalue weighted by Gasteiger charge is -2.08. The summed E-state index contributed by atoms with van der Waals surface area (Å²) in [5, 5.41) is 6.61. The monoisotopic (exact) mass is 276 g/mol. The van der Waals surface area contributed by atoms with Crippen molar-refractivity contribution in [3.8, 4) is 0 Å². The molecular formula is C10H20N4O3S. The van der Waals surface area contributed by atoms with Gasteiger partial charge in [0.1, 0.15) is 0 Å². The van der Waals surface area contributed by atoms with Crippen molar-refractivity contribution < 1.29 is 12.9 Å². The predicted octanol–water partition coefficient (Wildman–Crippen LogP) is -0.0804. The van der Waals surface area contributed by atoms with Gasteiger partial charge in [-0.1, -0.05) is 19.0 Å². The molecule has 0 bridgehead atoms. The summed E-state index contributed by atoms with van der Waals surface area (Å²) in [5.74, 6) is 0.551. The van der Waals surface area contributed by atoms with E-state index in [-0.39, 0.29) is 12.3 Å². The average molecular weight is 276 g/mol. The summed E-state index contributed by atoms with van der Waals surface area (Å²) in [6, 6.07) is 0.373. The average Bonchev–Trinajstić information content (AvgIpc) is 2.77. The molecule has 0 aliphatic heterocycles. The molecule has 2 N–H and O–H groups in total. The Hall–Kier alpha value is -0.990. The summed E-state index contributed by atoms with van der Waals surface area (Å²) in [7, 11) is -3.21. The molecule has 0 unspecified atom stereocenters. The second-order valence-corrected chi connectivity index (χ2v) is 6.19. The van der Waals surface area contributed by atoms with E-state index in [0.29, 0.717) is 31.3 Å². The van der Waals surface area contributed by atoms with E-state index in [1.54, 1.807) is 0 Å². The van der Waals surface area contributed by atoms with Gasteiger partial charge in [-0.15, -0.1) is 0 Å². The van der Waals surface area contributed by atoms with Gasteiger partial charge in [0, 0.05) is 19.0 Å². The van der Waals surface area contributed by atoms with Crippen molar-refractivity contribution in [2.24, 2.45) is 0 Å². The standard InChI is InChI=1S/C10H20N4O3S/c1-9(2)11-5-3-7-18(15,16)14-6-4-10-12-8-13-17-10/h8-9,11,14H,3-7H2,1-2H3. The van der Waals surface area contributed by atoms with Gasteiger partial charge in [0.15, 0.2) is 6.33 Å². The fourth-order valence-corrected chi connectivity index (χ4v) is 2.43. The second-order valence-electron chi connectivity index (χ2n) is 4.26. The molecule has 18 heavy (non-hydrogen) atoms. The number of rotatable bonds is 9. The van der Waals surface area contributed by atoms with Crippen molar-refractivity contribution in [1.29, 1.82) is 0 Å². The van der Waals surface area contributed by atoms with Crippen LogP contribution >= 0.6 is 0 Å². The van der Waals surface area contributed by atoms with Crippen LogP contribution in [0.15, 0.2) is 10.9 Å². The summed E-state index contributed by atoms with van der Waals surface area (Å²) >= 11 is 0. The van der Waals surface area contributed by atoms with Crippen molar-refractivity contribution in [2.75, 3.05) is 18.8 Å². The van der Waals surface area contributed by atoms with E-state index in [0.717, 1.165) is 0 Å². The van der Waals surface area contributed by atoms with E-state index in [4.69, 9.17) is 4.52 Å². The van der Waals surface area contributed by atoms with Crippen molar-refractivity contribution >= 4 is 10.0 Å². The highest BCUT2D eigenvalue weighted by Crippen LogP contribution is 1.94. The number of nitrogens with one attached hydrogen (secondary N) is 2. The summed E-state index contributed by atoms with van der Waals surface area (Å²) in [6.45, 7) is 5.03. The Bertz CT molecular complexity index is 416. The Labute approximate surface area is 107 Å². The zero-order valence-corrected chi connectivity index (χ0v) is 11.5. The number of hydrogen-bond acceptors (Lipinski definition) is 6. The molecule has 104 valence electrons. The van der Waals surface area contributed by atoms with E-state index < -0.39 is 10.0 Å². The van der Waals surface area contributed by atoms with Crippen LogP contribution in [-0.4, -0.2) is 43.4 Å². The summed E-state index contributed by atoms with van der Waals surface area (Å²) < 4.78 is 30.5. The zero-order chi connectivity index (χ0) is 13.4. The molecule has 1 aromatic heterocycles. The molecule has 0 radical (unpaired) electrons. The maximum absolute atomic E-state index is 11.6. The molecule has 7 nitrogen and oxygen atoms in total. The van der Waals surface area contributed by atoms with Gasteiger partial charge in [-0.25, -0.2) is 13.1 Å². The van der Waals surface area contributed by atoms with E-state index in [1.807, 2.05) is 13.8 Å². The zero-order valence-electron chi connectivity index (χ0n) is 10.7. The molecule has 0 saturated carbocycles. The van der Waals surface area contributed by atoms with Crippen LogP contribution in [0.3, 0.4) is 0 Å². The number of sulfonamides is 1. The first-order valence-corrected chi connectivity index (χ1v) is 7.61. The van der Waals surface area contributed by atoms with Crippen molar-refractivity contribution in [1.82, 2.24) is 20.2 Å². The van der Waals surface area contributed by atoms with Gasteiger partial charge in [-0.05, 0) is 13.0 Å². The first kappa shape index (κ1) is 15.1. The van der Waals surface area contributed by atoms with Crippen LogP contribution < -0.4 is 10.0 Å². The lowest BCUT2D eigenvalue weighted by atomic mass is 10.4. The SMILES string of the molecule is CC(C)NCCCS(=O)(=O)NCCc1ncno1. The topological polar surface area (TPSA) is 97.1 Å². The van der Waals surface area contributed by atoms with E-state index in [9.17, 15) is 8.42 Å². The Balaban J connectivity index is 2.15. The molecule has 1 heterocycles. The maximum atomic E-state index is 11.6. The van der Waals surface area contributed by atoms with Crippen LogP contribution in [0.2, 0.25) is 0 Å². The summed E-state index contributed by atoms with van der Waals surface area (Å²) in [5.41, 5.74) is 0. The van der Waals surface area contributed by atoms with Crippen LogP contribution in [0, 0.1) is 0 Å². The first-order chi connectivity index (χ1) is 8.49. The Morgan fingerprint density at radius 1 is 1.39 bits per heavy atom. The van der Waals surface area contributed by atoms with Crippen LogP contribution in [0.4, 0.5) is 0 Å². The molecule has 0 amide bonds. The molecule has 1 aromatic rings. The largest absolute Gasteiger partial charge is 0.340 e. The van der Waals surface area contributed by atoms with Gasteiger partial charge in [-0.3, -0.25) is 0 Å². The Morgan fingerprint density at radius 2 is 2.17 bits per heavy atom. The summed E-state index contributed by atoms with van der Waals surface area (Å²) in [6.07, 6.45) is 2.29. The smallest absolute Gasteiger partial charge is 0.227 e. The maximum Gasteiger partial charge on any atom is 0.227 e. The van der Waals surface area contributed by atoms with Crippen molar-refractivity contribution in [3.05, 3.63) is 12.2 Å². The quantitative estimate of drug-likeness (QED) is 0.612. The Morgan fingerprint density at radius 3 is 2.78 bits per heavy atom. The molecule has 0 aromatic carbocycles. The lowest BCUT2D eigenvalue weighted by molar-refractivity contribution is 0.377. The third-order valence-corrected chi connectivity index (χ3v) is 3.68. The van der Waals surface area contributed by atoms with Crippen molar-refractivity contribution in [3.63, 3.8) is 0 Å². The van der Waals surface area contributed by atoms with Gasteiger partial charge in [0.25, 0.3) is 0 Å². The second kappa shape index (κ2) is 7.45. The number of hydrogen-bond donors (Lipinski definition) is 2. The Kier molecular flexibility index (Phi) is 6.23. The number of aromatic nitrogens is 2. The minimum atomic E-state index is -3.21. The fraction of sp³-hybridized carbons (Fsp3) is 0.800. The van der Waals surface area contributed by atoms with E-state index in [2.05, 4.69) is 20.2 Å². The normalized spacial score (nSPS) is 12.2. The predicted molar refractivity (Wildman–Crippen MR) is 67.5 cm³/mol. The van der Waals surface area contributed by atoms with Crippen molar-refractivity contribution in [2.45, 2.75) is 32.7 Å². The highest BCUT2D eigenvalue weighted by molar-refractivity contribution is 7.89. The lowest BCUT2D eigenvalue weighted by Crippen LogP contribution is -2.31. The van der Waals surface area contributed by atoms with Gasteiger partial charge in [0.2, 0.25) is 15.9 Å². The van der Waals surface area contributed by atoms with Crippen LogP contribution in [0.5, 0.6) is 0 Å². The molecule has 0 fully saturated rings. The molecule has 8 heteroatoms. The van der Waals surface area contributed by atoms with Gasteiger partial charge in [-0.2, -0.15) is 4.98 Å². The molecule has 1 rings (SSSR count). The van der Waals surface area contributed by atoms with Crippen LogP contribution in [0.25, 0.3) is 0 Å².